The van der Waals surface area contributed by atoms with Gasteiger partial charge in [-0.25, -0.2) is 0 Å². The first kappa shape index (κ1) is 12.1. The van der Waals surface area contributed by atoms with E-state index in [9.17, 15) is 4.79 Å². The third kappa shape index (κ3) is 4.19. The molecule has 0 aliphatic heterocycles. The second kappa shape index (κ2) is 4.95. The molecule has 0 heterocycles. The average molecular weight is 232 g/mol. The minimum Gasteiger partial charge on any atom is -0.501 e. The van der Waals surface area contributed by atoms with Gasteiger partial charge in [-0.3, -0.25) is 4.79 Å². The summed E-state index contributed by atoms with van der Waals surface area (Å²) in [7, 11) is 0. The first-order valence-electron chi connectivity index (χ1n) is 3.29. The van der Waals surface area contributed by atoms with Crippen LogP contribution in [0, 0.1) is 0 Å². The van der Waals surface area contributed by atoms with Crippen molar-refractivity contribution in [3.05, 3.63) is 11.8 Å². The van der Waals surface area contributed by atoms with Crippen molar-refractivity contribution < 1.29 is 9.53 Å². The highest BCUT2D eigenvalue weighted by molar-refractivity contribution is 6.77. The van der Waals surface area contributed by atoms with E-state index in [1.165, 1.54) is 13.2 Å². The quantitative estimate of drug-likeness (QED) is 0.424. The minimum absolute atomic E-state index is 0.289. The predicted octanol–water partition coefficient (Wildman–Crippen LogP) is 2.87. The Bertz CT molecular complexity index is 193. The van der Waals surface area contributed by atoms with Gasteiger partial charge >= 0.3 is 0 Å². The number of rotatable bonds is 3. The molecule has 0 amide bonds. The molecule has 0 rings (SSSR count). The molecule has 2 nitrogen and oxygen atoms in total. The molecule has 0 fully saturated rings. The molecule has 0 saturated heterocycles. The fourth-order valence-electron chi connectivity index (χ4n) is 0.485. The zero-order chi connectivity index (χ0) is 9.78. The van der Waals surface area contributed by atoms with E-state index in [2.05, 4.69) is 0 Å². The maximum absolute atomic E-state index is 11.1. The van der Waals surface area contributed by atoms with Crippen molar-refractivity contribution in [2.75, 3.05) is 6.61 Å². The number of hydrogen-bond acceptors (Lipinski definition) is 2. The summed E-state index contributed by atoms with van der Waals surface area (Å²) >= 11 is 16.0. The van der Waals surface area contributed by atoms with Gasteiger partial charge in [0.05, 0.1) is 12.9 Å². The highest BCUT2D eigenvalue weighted by atomic mass is 35.6. The van der Waals surface area contributed by atoms with Crippen LogP contribution in [0.4, 0.5) is 0 Å². The Labute approximate surface area is 86.4 Å². The van der Waals surface area contributed by atoms with E-state index in [-0.39, 0.29) is 5.57 Å². The van der Waals surface area contributed by atoms with Crippen molar-refractivity contribution in [1.82, 2.24) is 0 Å². The summed E-state index contributed by atoms with van der Waals surface area (Å²) in [6.45, 7) is 3.80. The van der Waals surface area contributed by atoms with Crippen LogP contribution >= 0.6 is 34.8 Å². The zero-order valence-electron chi connectivity index (χ0n) is 6.73. The van der Waals surface area contributed by atoms with Gasteiger partial charge in [0.1, 0.15) is 0 Å². The number of ether oxygens (including phenoxy) is 1. The van der Waals surface area contributed by atoms with Gasteiger partial charge in [-0.15, -0.1) is 0 Å². The second-order valence-corrected chi connectivity index (χ2v) is 4.36. The molecular formula is C7H9Cl3O2. The molecule has 0 N–H and O–H groups in total. The summed E-state index contributed by atoms with van der Waals surface area (Å²) in [5.41, 5.74) is 0.289. The molecule has 5 heteroatoms. The lowest BCUT2D eigenvalue weighted by Gasteiger charge is -2.08. The van der Waals surface area contributed by atoms with Crippen LogP contribution in [0.5, 0.6) is 0 Å². The van der Waals surface area contributed by atoms with Crippen LogP contribution in [0.25, 0.3) is 0 Å². The molecule has 0 saturated carbocycles. The summed E-state index contributed by atoms with van der Waals surface area (Å²) in [5.74, 6) is -0.569. The average Bonchev–Trinajstić information content (AvgIpc) is 1.97. The van der Waals surface area contributed by atoms with E-state index < -0.39 is 9.58 Å². The lowest BCUT2D eigenvalue weighted by atomic mass is 10.2. The summed E-state index contributed by atoms with van der Waals surface area (Å²) in [4.78, 5) is 11.1. The lowest BCUT2D eigenvalue weighted by Crippen LogP contribution is -2.19. The number of Topliss-reactive ketones (excluding diaryl/α,β-unsaturated/α-hetero) is 1. The standard InChI is InChI=1S/C7H9Cl3O2/c1-3-12-4-5(2)6(11)7(8,9)10/h4H,3H2,1-2H3/b5-4-. The molecule has 0 aromatic rings. The van der Waals surface area contributed by atoms with Crippen LogP contribution in [0.3, 0.4) is 0 Å². The molecule has 0 aliphatic rings. The van der Waals surface area contributed by atoms with Crippen LogP contribution in [0.1, 0.15) is 13.8 Å². The summed E-state index contributed by atoms with van der Waals surface area (Å²) < 4.78 is 2.96. The molecular weight excluding hydrogens is 222 g/mol. The van der Waals surface area contributed by atoms with Gasteiger partial charge in [0.2, 0.25) is 5.78 Å². The van der Waals surface area contributed by atoms with E-state index in [1.54, 1.807) is 6.92 Å². The predicted molar refractivity (Wildman–Crippen MR) is 50.7 cm³/mol. The smallest absolute Gasteiger partial charge is 0.253 e. The van der Waals surface area contributed by atoms with Gasteiger partial charge in [-0.1, -0.05) is 34.8 Å². The SMILES string of the molecule is CCO/C=C(/C)C(=O)C(Cl)(Cl)Cl. The van der Waals surface area contributed by atoms with E-state index in [0.29, 0.717) is 6.61 Å². The van der Waals surface area contributed by atoms with Gasteiger partial charge in [-0.05, 0) is 13.8 Å². The Hall–Kier alpha value is 0.0800. The van der Waals surface area contributed by atoms with Crippen LogP contribution in [-0.4, -0.2) is 16.2 Å². The Balaban J connectivity index is 4.30. The number of carbonyl (C=O) groups excluding carboxylic acids is 1. The molecule has 0 spiro atoms. The monoisotopic (exact) mass is 230 g/mol. The maximum Gasteiger partial charge on any atom is 0.253 e. The largest absolute Gasteiger partial charge is 0.501 e. The Morgan fingerprint density at radius 2 is 2.00 bits per heavy atom. The summed E-state index contributed by atoms with van der Waals surface area (Å²) in [6.07, 6.45) is 1.28. The Kier molecular flexibility index (Phi) is 4.98. The summed E-state index contributed by atoms with van der Waals surface area (Å²) in [5, 5.41) is 0. The van der Waals surface area contributed by atoms with Crippen molar-refractivity contribution in [2.45, 2.75) is 17.6 Å². The van der Waals surface area contributed by atoms with Gasteiger partial charge in [0, 0.05) is 5.57 Å². The Morgan fingerprint density at radius 3 is 2.33 bits per heavy atom. The number of halogens is 3. The fourth-order valence-corrected chi connectivity index (χ4v) is 0.933. The van der Waals surface area contributed by atoms with Crippen molar-refractivity contribution in [2.24, 2.45) is 0 Å². The molecule has 0 aromatic carbocycles. The van der Waals surface area contributed by atoms with Gasteiger partial charge in [0.15, 0.2) is 0 Å². The van der Waals surface area contributed by atoms with E-state index in [4.69, 9.17) is 39.5 Å². The normalized spacial score (nSPS) is 12.9. The van der Waals surface area contributed by atoms with E-state index in [0.717, 1.165) is 0 Å². The third-order valence-electron chi connectivity index (χ3n) is 1.04. The van der Waals surface area contributed by atoms with E-state index in [1.807, 2.05) is 0 Å². The molecule has 0 aromatic heterocycles. The van der Waals surface area contributed by atoms with Crippen molar-refractivity contribution >= 4 is 40.6 Å². The van der Waals surface area contributed by atoms with E-state index >= 15 is 0 Å². The van der Waals surface area contributed by atoms with Crippen LogP contribution < -0.4 is 0 Å². The van der Waals surface area contributed by atoms with Gasteiger partial charge in [0.25, 0.3) is 3.79 Å². The maximum atomic E-state index is 11.1. The number of ketones is 1. The first-order valence-corrected chi connectivity index (χ1v) is 4.43. The van der Waals surface area contributed by atoms with Gasteiger partial charge in [-0.2, -0.15) is 0 Å². The molecule has 0 bridgehead atoms. The minimum atomic E-state index is -1.89. The molecule has 70 valence electrons. The first-order chi connectivity index (χ1) is 5.39. The van der Waals surface area contributed by atoms with Gasteiger partial charge < -0.3 is 4.74 Å². The number of hydrogen-bond donors (Lipinski definition) is 0. The van der Waals surface area contributed by atoms with Crippen LogP contribution in [-0.2, 0) is 9.53 Å². The molecule has 0 radical (unpaired) electrons. The highest BCUT2D eigenvalue weighted by Gasteiger charge is 2.31. The number of carbonyl (C=O) groups is 1. The summed E-state index contributed by atoms with van der Waals surface area (Å²) in [6, 6.07) is 0. The van der Waals surface area contributed by atoms with Crippen molar-refractivity contribution in [1.29, 1.82) is 0 Å². The number of alkyl halides is 3. The molecule has 12 heavy (non-hydrogen) atoms. The van der Waals surface area contributed by atoms with Crippen molar-refractivity contribution in [3.8, 4) is 0 Å². The van der Waals surface area contributed by atoms with Crippen LogP contribution in [0.15, 0.2) is 11.8 Å². The third-order valence-corrected chi connectivity index (χ3v) is 1.56. The lowest BCUT2D eigenvalue weighted by molar-refractivity contribution is -0.114. The highest BCUT2D eigenvalue weighted by Crippen LogP contribution is 2.29. The fraction of sp³-hybridized carbons (Fsp3) is 0.571. The van der Waals surface area contributed by atoms with Crippen LogP contribution in [0.2, 0.25) is 0 Å². The Morgan fingerprint density at radius 1 is 1.50 bits per heavy atom. The molecule has 0 atom stereocenters. The molecule has 0 aliphatic carbocycles. The van der Waals surface area contributed by atoms with Crippen molar-refractivity contribution in [3.63, 3.8) is 0 Å². The topological polar surface area (TPSA) is 26.3 Å². The second-order valence-electron chi connectivity index (χ2n) is 2.08. The number of allylic oxidation sites excluding steroid dienone is 1. The molecule has 0 unspecified atom stereocenters. The zero-order valence-corrected chi connectivity index (χ0v) is 9.00.